The molecule has 1 unspecified atom stereocenters. The zero-order chi connectivity index (χ0) is 26.4. The van der Waals surface area contributed by atoms with Crippen LogP contribution in [0.2, 0.25) is 5.02 Å². The molecule has 0 saturated carbocycles. The van der Waals surface area contributed by atoms with E-state index in [1.54, 1.807) is 30.3 Å². The van der Waals surface area contributed by atoms with Crippen LogP contribution in [0.1, 0.15) is 35.2 Å². The van der Waals surface area contributed by atoms with Crippen LogP contribution < -0.4 is 16.0 Å². The van der Waals surface area contributed by atoms with E-state index in [0.717, 1.165) is 25.5 Å². The van der Waals surface area contributed by atoms with E-state index in [2.05, 4.69) is 11.4 Å². The molecule has 1 heterocycles. The summed E-state index contributed by atoms with van der Waals surface area (Å²) in [6.45, 7) is 2.38. The number of carbonyl (C=O) groups is 3. The number of anilines is 1. The van der Waals surface area contributed by atoms with Gasteiger partial charge in [-0.05, 0) is 30.2 Å². The molecule has 0 fully saturated rings. The van der Waals surface area contributed by atoms with Gasteiger partial charge in [0.15, 0.2) is 0 Å². The Hall–Kier alpha value is -4.29. The van der Waals surface area contributed by atoms with Crippen molar-refractivity contribution in [1.29, 1.82) is 5.26 Å². The summed E-state index contributed by atoms with van der Waals surface area (Å²) in [6, 6.07) is 15.1. The zero-order valence-electron chi connectivity index (χ0n) is 20.0. The van der Waals surface area contributed by atoms with Gasteiger partial charge in [-0.15, -0.1) is 0 Å². The first-order valence-electron chi connectivity index (χ1n) is 11.0. The number of rotatable bonds is 7. The molecule has 0 bridgehead atoms. The van der Waals surface area contributed by atoms with Gasteiger partial charge < -0.3 is 20.5 Å². The van der Waals surface area contributed by atoms with Crippen molar-refractivity contribution >= 4 is 35.1 Å². The third kappa shape index (κ3) is 4.90. The first-order chi connectivity index (χ1) is 17.3. The molecule has 0 spiro atoms. The number of halogens is 1. The first-order valence-corrected chi connectivity index (χ1v) is 11.4. The first kappa shape index (κ1) is 26.3. The number of nitrogens with zero attached hydrogens (tertiary/aromatic N) is 2. The Morgan fingerprint density at radius 2 is 1.78 bits per heavy atom. The molecule has 10 heteroatoms. The Balaban J connectivity index is 2.37. The molecule has 36 heavy (non-hydrogen) atoms. The van der Waals surface area contributed by atoms with Gasteiger partial charge in [-0.1, -0.05) is 48.9 Å². The average molecular weight is 509 g/mol. The molecule has 186 valence electrons. The van der Waals surface area contributed by atoms with Gasteiger partial charge in [0.1, 0.15) is 11.5 Å². The molecule has 1 atom stereocenters. The summed E-state index contributed by atoms with van der Waals surface area (Å²) in [4.78, 5) is 40.1. The minimum absolute atomic E-state index is 0.00819. The molecule has 0 aliphatic carbocycles. The Morgan fingerprint density at radius 3 is 2.36 bits per heavy atom. The highest BCUT2D eigenvalue weighted by atomic mass is 35.5. The highest BCUT2D eigenvalue weighted by molar-refractivity contribution is 6.33. The highest BCUT2D eigenvalue weighted by Crippen LogP contribution is 2.44. The van der Waals surface area contributed by atoms with E-state index in [-0.39, 0.29) is 44.8 Å². The number of nitriles is 1. The Morgan fingerprint density at radius 1 is 1.11 bits per heavy atom. The van der Waals surface area contributed by atoms with Crippen LogP contribution in [0, 0.1) is 11.3 Å². The second-order valence-corrected chi connectivity index (χ2v) is 8.16. The summed E-state index contributed by atoms with van der Waals surface area (Å²) in [5.41, 5.74) is 6.94. The number of allylic oxidation sites excluding steroid dienone is 1. The fraction of sp³-hybridized carbons (Fsp3) is 0.231. The predicted molar refractivity (Wildman–Crippen MR) is 134 cm³/mol. The largest absolute Gasteiger partial charge is 0.466 e. The van der Waals surface area contributed by atoms with Crippen molar-refractivity contribution in [3.8, 4) is 6.07 Å². The van der Waals surface area contributed by atoms with Gasteiger partial charge in [-0.25, -0.2) is 9.59 Å². The molecule has 0 radical (unpaired) electrons. The molecular formula is C26H25ClN4O5. The number of carbonyl (C=O) groups excluding carboxylic acids is 3. The number of nitrogens with one attached hydrogen (secondary N) is 1. The fourth-order valence-electron chi connectivity index (χ4n) is 3.93. The van der Waals surface area contributed by atoms with Gasteiger partial charge in [0.25, 0.3) is 5.91 Å². The summed E-state index contributed by atoms with van der Waals surface area (Å²) < 4.78 is 10.0. The Kier molecular flexibility index (Phi) is 8.35. The van der Waals surface area contributed by atoms with Gasteiger partial charge >= 0.3 is 11.9 Å². The van der Waals surface area contributed by atoms with Crippen molar-refractivity contribution in [2.75, 3.05) is 25.7 Å². The van der Waals surface area contributed by atoms with Gasteiger partial charge in [-0.3, -0.25) is 9.69 Å². The standard InChI is InChI=1S/C26H25ClN4O5/c1-4-12-30-24(32)16-10-11-18(27)19(13-16)31-22(26(34)36-3)21(25(33)35-2)20(17(14-28)23(31)29)15-8-6-5-7-9-15/h5-11,13,20H,4,12,29H2,1-3H3,(H,30,32). The minimum atomic E-state index is -1.01. The van der Waals surface area contributed by atoms with Crippen LogP contribution in [0.25, 0.3) is 0 Å². The van der Waals surface area contributed by atoms with Crippen molar-refractivity contribution in [3.05, 3.63) is 87.3 Å². The molecule has 1 amide bonds. The van der Waals surface area contributed by atoms with Crippen molar-refractivity contribution in [1.82, 2.24) is 5.32 Å². The molecule has 3 rings (SSSR count). The maximum Gasteiger partial charge on any atom is 0.355 e. The summed E-state index contributed by atoms with van der Waals surface area (Å²) >= 11 is 6.50. The van der Waals surface area contributed by atoms with E-state index in [0.29, 0.717) is 12.1 Å². The maximum absolute atomic E-state index is 13.2. The van der Waals surface area contributed by atoms with Crippen LogP contribution in [0.3, 0.4) is 0 Å². The van der Waals surface area contributed by atoms with Crippen LogP contribution in [0.4, 0.5) is 5.69 Å². The average Bonchev–Trinajstić information content (AvgIpc) is 2.90. The molecule has 1 aliphatic rings. The van der Waals surface area contributed by atoms with Crippen LogP contribution in [0.15, 0.2) is 71.2 Å². The highest BCUT2D eigenvalue weighted by Gasteiger charge is 2.43. The lowest BCUT2D eigenvalue weighted by atomic mass is 9.81. The number of ether oxygens (including phenoxy) is 2. The summed E-state index contributed by atoms with van der Waals surface area (Å²) in [6.07, 6.45) is 0.734. The second-order valence-electron chi connectivity index (χ2n) is 7.76. The van der Waals surface area contributed by atoms with E-state index in [1.807, 2.05) is 6.92 Å². The molecule has 2 aromatic carbocycles. The van der Waals surface area contributed by atoms with Crippen LogP contribution in [0.5, 0.6) is 0 Å². The monoisotopic (exact) mass is 508 g/mol. The van der Waals surface area contributed by atoms with Gasteiger partial charge in [0, 0.05) is 12.1 Å². The van der Waals surface area contributed by atoms with Crippen LogP contribution in [-0.4, -0.2) is 38.6 Å². The molecule has 0 saturated heterocycles. The topological polar surface area (TPSA) is 135 Å². The van der Waals surface area contributed by atoms with Crippen molar-refractivity contribution in [2.45, 2.75) is 19.3 Å². The van der Waals surface area contributed by atoms with Gasteiger partial charge in [-0.2, -0.15) is 5.26 Å². The Bertz CT molecular complexity index is 1300. The summed E-state index contributed by atoms with van der Waals surface area (Å²) in [7, 11) is 2.31. The lowest BCUT2D eigenvalue weighted by Gasteiger charge is -2.36. The number of benzene rings is 2. The number of methoxy groups -OCH3 is 2. The van der Waals surface area contributed by atoms with E-state index >= 15 is 0 Å². The van der Waals surface area contributed by atoms with E-state index in [4.69, 9.17) is 26.8 Å². The number of amides is 1. The van der Waals surface area contributed by atoms with Crippen LogP contribution >= 0.6 is 11.6 Å². The van der Waals surface area contributed by atoms with E-state index < -0.39 is 17.9 Å². The fourth-order valence-corrected chi connectivity index (χ4v) is 4.13. The molecule has 2 aromatic rings. The third-order valence-corrected chi connectivity index (χ3v) is 5.91. The van der Waals surface area contributed by atoms with Crippen molar-refractivity contribution in [2.24, 2.45) is 5.73 Å². The lowest BCUT2D eigenvalue weighted by molar-refractivity contribution is -0.139. The van der Waals surface area contributed by atoms with Crippen LogP contribution in [-0.2, 0) is 19.1 Å². The second kappa shape index (κ2) is 11.4. The van der Waals surface area contributed by atoms with E-state index in [1.165, 1.54) is 18.2 Å². The Labute approximate surface area is 213 Å². The number of hydrogen-bond acceptors (Lipinski definition) is 8. The summed E-state index contributed by atoms with van der Waals surface area (Å²) in [5, 5.41) is 13.0. The normalized spacial score (nSPS) is 15.3. The SMILES string of the molecule is CCCNC(=O)c1ccc(Cl)c(N2C(N)=C(C#N)C(c3ccccc3)C(C(=O)OC)=C2C(=O)OC)c1. The van der Waals surface area contributed by atoms with Gasteiger partial charge in [0.2, 0.25) is 0 Å². The quantitative estimate of drug-likeness (QED) is 0.543. The number of hydrogen-bond donors (Lipinski definition) is 2. The summed E-state index contributed by atoms with van der Waals surface area (Å²) in [5.74, 6) is -3.29. The molecule has 9 nitrogen and oxygen atoms in total. The third-order valence-electron chi connectivity index (χ3n) is 5.60. The molecule has 1 aliphatic heterocycles. The van der Waals surface area contributed by atoms with Crippen molar-refractivity contribution < 1.29 is 23.9 Å². The lowest BCUT2D eigenvalue weighted by Crippen LogP contribution is -2.41. The number of esters is 2. The minimum Gasteiger partial charge on any atom is -0.466 e. The van der Waals surface area contributed by atoms with E-state index in [9.17, 15) is 19.6 Å². The predicted octanol–water partition coefficient (Wildman–Crippen LogP) is 3.38. The molecular weight excluding hydrogens is 484 g/mol. The zero-order valence-corrected chi connectivity index (χ0v) is 20.8. The molecule has 0 aromatic heterocycles. The number of nitrogens with two attached hydrogens (primary N) is 1. The maximum atomic E-state index is 13.2. The molecule has 3 N–H and O–H groups in total. The van der Waals surface area contributed by atoms with Gasteiger partial charge in [0.05, 0.1) is 48.1 Å². The smallest absolute Gasteiger partial charge is 0.355 e. The van der Waals surface area contributed by atoms with Crippen molar-refractivity contribution in [3.63, 3.8) is 0 Å².